The van der Waals surface area contributed by atoms with Crippen LogP contribution in [0.1, 0.15) is 23.1 Å². The molecule has 1 saturated heterocycles. The number of nitrogens with zero attached hydrogens (tertiary/aromatic N) is 2. The lowest BCUT2D eigenvalue weighted by molar-refractivity contribution is -0.136. The Morgan fingerprint density at radius 2 is 1.88 bits per heavy atom. The van der Waals surface area contributed by atoms with Gasteiger partial charge >= 0.3 is 5.97 Å². The predicted octanol–water partition coefficient (Wildman–Crippen LogP) is 3.38. The Bertz CT molecular complexity index is 761. The summed E-state index contributed by atoms with van der Waals surface area (Å²) in [6.07, 6.45) is 0.901. The predicted molar refractivity (Wildman–Crippen MR) is 95.9 cm³/mol. The largest absolute Gasteiger partial charge is 0.481 e. The number of anilines is 1. The molecule has 24 heavy (non-hydrogen) atoms. The van der Waals surface area contributed by atoms with E-state index >= 15 is 0 Å². The number of aliphatic imine (C=N–C) groups is 1. The number of carbonyl (C=O) groups is 1. The molecule has 0 aromatic heterocycles. The minimum Gasteiger partial charge on any atom is -0.481 e. The smallest absolute Gasteiger partial charge is 0.307 e. The van der Waals surface area contributed by atoms with Gasteiger partial charge in [0.1, 0.15) is 5.84 Å². The maximum atomic E-state index is 11.0. The number of rotatable bonds is 4. The van der Waals surface area contributed by atoms with Crippen LogP contribution in [-0.2, 0) is 11.2 Å². The summed E-state index contributed by atoms with van der Waals surface area (Å²) < 4.78 is 0. The van der Waals surface area contributed by atoms with Crippen molar-refractivity contribution in [2.75, 3.05) is 11.6 Å². The molecule has 2 aromatic rings. The van der Waals surface area contributed by atoms with Gasteiger partial charge in [-0.2, -0.15) is 0 Å². The Balaban J connectivity index is 1.79. The van der Waals surface area contributed by atoms with Gasteiger partial charge in [-0.25, -0.2) is 4.99 Å². The van der Waals surface area contributed by atoms with Gasteiger partial charge < -0.3 is 5.11 Å². The number of benzene rings is 2. The maximum absolute atomic E-state index is 11.0. The normalized spacial score (nSPS) is 15.6. The van der Waals surface area contributed by atoms with Crippen molar-refractivity contribution < 1.29 is 9.90 Å². The van der Waals surface area contributed by atoms with Crippen LogP contribution in [0.2, 0.25) is 0 Å². The van der Waals surface area contributed by atoms with Gasteiger partial charge in [0.2, 0.25) is 0 Å². The molecule has 1 heterocycles. The van der Waals surface area contributed by atoms with Crippen molar-refractivity contribution in [3.05, 3.63) is 59.2 Å². The number of hydrogen-bond acceptors (Lipinski definition) is 3. The summed E-state index contributed by atoms with van der Waals surface area (Å²) in [7, 11) is 0. The molecule has 0 unspecified atom stereocenters. The van der Waals surface area contributed by atoms with Crippen LogP contribution in [0.3, 0.4) is 0 Å². The van der Waals surface area contributed by atoms with E-state index in [4.69, 9.17) is 10.1 Å². The molecule has 0 amide bonds. The van der Waals surface area contributed by atoms with Crippen molar-refractivity contribution in [1.82, 2.24) is 5.43 Å². The van der Waals surface area contributed by atoms with Crippen LogP contribution in [0.15, 0.2) is 47.5 Å². The van der Waals surface area contributed by atoms with Crippen molar-refractivity contribution in [1.29, 1.82) is 0 Å². The van der Waals surface area contributed by atoms with Gasteiger partial charge in [-0.1, -0.05) is 18.2 Å². The molecule has 2 N–H and O–H groups in total. The Morgan fingerprint density at radius 1 is 1.21 bits per heavy atom. The molecule has 0 saturated carbocycles. The van der Waals surface area contributed by atoms with E-state index in [9.17, 15) is 4.79 Å². The number of hydrazine groups is 1. The number of para-hydroxylation sites is 1. The third kappa shape index (κ3) is 3.56. The first kappa shape index (κ1) is 16.1. The lowest BCUT2D eigenvalue weighted by atomic mass is 9.99. The molecule has 124 valence electrons. The van der Waals surface area contributed by atoms with E-state index in [-0.39, 0.29) is 6.42 Å². The van der Waals surface area contributed by atoms with Crippen molar-refractivity contribution in [2.45, 2.75) is 26.7 Å². The van der Waals surface area contributed by atoms with E-state index in [0.717, 1.165) is 46.9 Å². The summed E-state index contributed by atoms with van der Waals surface area (Å²) >= 11 is 0. The first-order valence-corrected chi connectivity index (χ1v) is 8.01. The number of carboxylic acids is 1. The fourth-order valence-electron chi connectivity index (χ4n) is 2.99. The highest BCUT2D eigenvalue weighted by Gasteiger charge is 2.17. The fourth-order valence-corrected chi connectivity index (χ4v) is 2.99. The summed E-state index contributed by atoms with van der Waals surface area (Å²) in [5, 5.41) is 11.1. The molecular formula is C19H21N3O2. The molecule has 0 spiro atoms. The van der Waals surface area contributed by atoms with Crippen LogP contribution in [-0.4, -0.2) is 23.5 Å². The SMILES string of the molecule is Cc1cc(N=C2CCN(c3ccccc3)N2)cc(C)c1CC(=O)O. The van der Waals surface area contributed by atoms with E-state index < -0.39 is 5.97 Å². The molecule has 0 aliphatic carbocycles. The highest BCUT2D eigenvalue weighted by Crippen LogP contribution is 2.24. The van der Waals surface area contributed by atoms with Crippen molar-refractivity contribution in [3.63, 3.8) is 0 Å². The van der Waals surface area contributed by atoms with Gasteiger partial charge in [-0.3, -0.25) is 15.2 Å². The highest BCUT2D eigenvalue weighted by molar-refractivity contribution is 5.89. The number of aliphatic carboxylic acids is 1. The van der Waals surface area contributed by atoms with Crippen LogP contribution in [0.4, 0.5) is 11.4 Å². The lowest BCUT2D eigenvalue weighted by Crippen LogP contribution is -2.32. The molecule has 0 atom stereocenters. The highest BCUT2D eigenvalue weighted by atomic mass is 16.4. The Labute approximate surface area is 141 Å². The standard InChI is InChI=1S/C19H21N3O2/c1-13-10-15(11-14(2)17(13)12-19(23)24)20-18-8-9-22(21-18)16-6-4-3-5-7-16/h3-7,10-11H,8-9,12H2,1-2H3,(H,20,21)(H,23,24). The minimum absolute atomic E-state index is 0.0502. The Morgan fingerprint density at radius 3 is 2.50 bits per heavy atom. The first-order valence-electron chi connectivity index (χ1n) is 8.01. The monoisotopic (exact) mass is 323 g/mol. The maximum Gasteiger partial charge on any atom is 0.307 e. The van der Waals surface area contributed by atoms with Crippen LogP contribution in [0.25, 0.3) is 0 Å². The number of carboxylic acid groups (broad SMARTS) is 1. The quantitative estimate of drug-likeness (QED) is 0.905. The van der Waals surface area contributed by atoms with E-state index in [2.05, 4.69) is 22.6 Å². The topological polar surface area (TPSA) is 64.9 Å². The fraction of sp³-hybridized carbons (Fsp3) is 0.263. The molecule has 0 radical (unpaired) electrons. The second-order valence-corrected chi connectivity index (χ2v) is 6.04. The average Bonchev–Trinajstić information content (AvgIpc) is 3.00. The molecular weight excluding hydrogens is 302 g/mol. The van der Waals surface area contributed by atoms with E-state index in [1.807, 2.05) is 44.2 Å². The van der Waals surface area contributed by atoms with Crippen LogP contribution in [0, 0.1) is 13.8 Å². The molecule has 2 aromatic carbocycles. The van der Waals surface area contributed by atoms with Gasteiger partial charge in [-0.15, -0.1) is 0 Å². The second-order valence-electron chi connectivity index (χ2n) is 6.04. The third-order valence-corrected chi connectivity index (χ3v) is 4.18. The summed E-state index contributed by atoms with van der Waals surface area (Å²) in [6, 6.07) is 14.0. The van der Waals surface area contributed by atoms with Gasteiger partial charge in [-0.05, 0) is 54.8 Å². The first-order chi connectivity index (χ1) is 11.5. The van der Waals surface area contributed by atoms with E-state index in [1.165, 1.54) is 0 Å². The van der Waals surface area contributed by atoms with Crippen molar-refractivity contribution in [2.24, 2.45) is 4.99 Å². The average molecular weight is 323 g/mol. The van der Waals surface area contributed by atoms with Crippen LogP contribution >= 0.6 is 0 Å². The number of aryl methyl sites for hydroxylation is 2. The third-order valence-electron chi connectivity index (χ3n) is 4.18. The zero-order valence-electron chi connectivity index (χ0n) is 13.9. The lowest BCUT2D eigenvalue weighted by Gasteiger charge is -2.17. The van der Waals surface area contributed by atoms with Crippen LogP contribution in [0.5, 0.6) is 0 Å². The molecule has 3 rings (SSSR count). The van der Waals surface area contributed by atoms with Crippen molar-refractivity contribution >= 4 is 23.2 Å². The van der Waals surface area contributed by atoms with E-state index in [1.54, 1.807) is 0 Å². The summed E-state index contributed by atoms with van der Waals surface area (Å²) in [4.78, 5) is 15.7. The summed E-state index contributed by atoms with van der Waals surface area (Å²) in [5.74, 6) is 0.111. The molecule has 1 fully saturated rings. The molecule has 5 nitrogen and oxygen atoms in total. The summed E-state index contributed by atoms with van der Waals surface area (Å²) in [5.41, 5.74) is 8.11. The number of amidine groups is 1. The number of hydrogen-bond donors (Lipinski definition) is 2. The molecule has 0 bridgehead atoms. The zero-order chi connectivity index (χ0) is 17.1. The van der Waals surface area contributed by atoms with E-state index in [0.29, 0.717) is 0 Å². The molecule has 5 heteroatoms. The van der Waals surface area contributed by atoms with Gasteiger partial charge in [0.05, 0.1) is 17.8 Å². The summed E-state index contributed by atoms with van der Waals surface area (Å²) in [6.45, 7) is 4.75. The number of nitrogens with one attached hydrogen (secondary N) is 1. The Kier molecular flexibility index (Phi) is 4.51. The minimum atomic E-state index is -0.809. The van der Waals surface area contributed by atoms with Crippen molar-refractivity contribution in [3.8, 4) is 0 Å². The van der Waals surface area contributed by atoms with Gasteiger partial charge in [0.25, 0.3) is 0 Å². The van der Waals surface area contributed by atoms with Gasteiger partial charge in [0, 0.05) is 13.0 Å². The van der Waals surface area contributed by atoms with Crippen LogP contribution < -0.4 is 10.4 Å². The van der Waals surface area contributed by atoms with Gasteiger partial charge in [0.15, 0.2) is 0 Å². The Hall–Kier alpha value is -2.82. The second kappa shape index (κ2) is 6.74. The zero-order valence-corrected chi connectivity index (χ0v) is 13.9. The molecule has 1 aliphatic rings. The molecule has 1 aliphatic heterocycles.